The topological polar surface area (TPSA) is 92.0 Å². The fourth-order valence-corrected chi connectivity index (χ4v) is 2.71. The maximum atomic E-state index is 12.1. The van der Waals surface area contributed by atoms with E-state index in [2.05, 4.69) is 30.3 Å². The average molecular weight is 530 g/mol. The van der Waals surface area contributed by atoms with Crippen LogP contribution in [0.1, 0.15) is 52.9 Å². The number of carbonyl (C=O) groups excluding carboxylic acids is 1. The summed E-state index contributed by atoms with van der Waals surface area (Å²) in [6.07, 6.45) is 1.57. The number of imidazole rings is 1. The number of aliphatic imine (C=N–C) groups is 1. The van der Waals surface area contributed by atoms with E-state index in [4.69, 9.17) is 4.74 Å². The molecule has 9 heteroatoms. The second-order valence-electron chi connectivity index (χ2n) is 8.69. The maximum Gasteiger partial charge on any atom is 0.408 e. The van der Waals surface area contributed by atoms with E-state index in [1.165, 1.54) is 0 Å². The molecular weight excluding hydrogens is 495 g/mol. The molecule has 2 heterocycles. The highest BCUT2D eigenvalue weighted by molar-refractivity contribution is 14.0. The van der Waals surface area contributed by atoms with Crippen molar-refractivity contribution in [2.45, 2.75) is 66.2 Å². The molecule has 0 unspecified atom stereocenters. The van der Waals surface area contributed by atoms with Crippen molar-refractivity contribution in [2.75, 3.05) is 13.1 Å². The number of aromatic nitrogens is 2. The zero-order valence-corrected chi connectivity index (χ0v) is 21.3. The summed E-state index contributed by atoms with van der Waals surface area (Å²) in [6, 6.07) is 6.03. The SMILES string of the molecule is CCNC(=NCc1cn2c(C)cccc2n1)NCC(C)(C)NC(=O)OC(C)(C)C.I. The molecule has 8 nitrogen and oxygen atoms in total. The highest BCUT2D eigenvalue weighted by atomic mass is 127. The Labute approximate surface area is 196 Å². The molecule has 0 saturated heterocycles. The lowest BCUT2D eigenvalue weighted by molar-refractivity contribution is 0.0474. The minimum Gasteiger partial charge on any atom is -0.444 e. The molecule has 0 aliphatic rings. The largest absolute Gasteiger partial charge is 0.444 e. The van der Waals surface area contributed by atoms with E-state index < -0.39 is 17.2 Å². The Balaban J connectivity index is 0.00000450. The number of halogens is 1. The van der Waals surface area contributed by atoms with Crippen LogP contribution >= 0.6 is 24.0 Å². The van der Waals surface area contributed by atoms with Crippen LogP contribution < -0.4 is 16.0 Å². The Morgan fingerprint density at radius 3 is 2.50 bits per heavy atom. The number of nitrogens with one attached hydrogen (secondary N) is 3. The number of nitrogens with zero attached hydrogens (tertiary/aromatic N) is 3. The third kappa shape index (κ3) is 8.37. The van der Waals surface area contributed by atoms with Crippen molar-refractivity contribution in [1.29, 1.82) is 0 Å². The lowest BCUT2D eigenvalue weighted by atomic mass is 10.1. The summed E-state index contributed by atoms with van der Waals surface area (Å²) in [5, 5.41) is 9.39. The van der Waals surface area contributed by atoms with E-state index >= 15 is 0 Å². The van der Waals surface area contributed by atoms with Crippen LogP contribution in [0.25, 0.3) is 5.65 Å². The molecule has 168 valence electrons. The van der Waals surface area contributed by atoms with E-state index in [1.54, 1.807) is 0 Å². The van der Waals surface area contributed by atoms with Crippen molar-refractivity contribution >= 4 is 41.7 Å². The molecule has 0 atom stereocenters. The van der Waals surface area contributed by atoms with E-state index in [0.29, 0.717) is 19.0 Å². The highest BCUT2D eigenvalue weighted by Crippen LogP contribution is 2.10. The van der Waals surface area contributed by atoms with Crippen molar-refractivity contribution in [3.8, 4) is 0 Å². The van der Waals surface area contributed by atoms with Gasteiger partial charge in [0, 0.05) is 25.0 Å². The molecule has 0 bridgehead atoms. The molecule has 0 aromatic carbocycles. The third-order valence-corrected chi connectivity index (χ3v) is 4.03. The van der Waals surface area contributed by atoms with E-state index in [1.807, 2.05) is 72.9 Å². The Hall–Kier alpha value is -2.04. The molecule has 0 aliphatic heterocycles. The van der Waals surface area contributed by atoms with E-state index in [9.17, 15) is 4.79 Å². The fraction of sp³-hybridized carbons (Fsp3) is 0.571. The Morgan fingerprint density at radius 1 is 1.20 bits per heavy atom. The molecule has 0 fully saturated rings. The molecule has 0 saturated carbocycles. The number of carbonyl (C=O) groups is 1. The first-order chi connectivity index (χ1) is 13.5. The summed E-state index contributed by atoms with van der Waals surface area (Å²) in [5.41, 5.74) is 1.89. The van der Waals surface area contributed by atoms with Crippen LogP contribution in [0, 0.1) is 6.92 Å². The van der Waals surface area contributed by atoms with Crippen LogP contribution in [0.5, 0.6) is 0 Å². The Morgan fingerprint density at radius 2 is 1.90 bits per heavy atom. The van der Waals surface area contributed by atoms with Crippen molar-refractivity contribution in [2.24, 2.45) is 4.99 Å². The van der Waals surface area contributed by atoms with Gasteiger partial charge in [0.1, 0.15) is 11.2 Å². The summed E-state index contributed by atoms with van der Waals surface area (Å²) in [5.74, 6) is 0.667. The molecule has 0 aliphatic carbocycles. The van der Waals surface area contributed by atoms with Gasteiger partial charge >= 0.3 is 6.09 Å². The number of hydrogen-bond acceptors (Lipinski definition) is 4. The lowest BCUT2D eigenvalue weighted by Crippen LogP contribution is -2.54. The number of amides is 1. The lowest BCUT2D eigenvalue weighted by Gasteiger charge is -2.29. The third-order valence-electron chi connectivity index (χ3n) is 4.03. The molecular formula is C21H35IN6O2. The number of guanidine groups is 1. The predicted octanol–water partition coefficient (Wildman–Crippen LogP) is 3.62. The van der Waals surface area contributed by atoms with Gasteiger partial charge in [0.2, 0.25) is 0 Å². The van der Waals surface area contributed by atoms with Crippen molar-refractivity contribution < 1.29 is 9.53 Å². The number of fused-ring (bicyclic) bond motifs is 1. The monoisotopic (exact) mass is 530 g/mol. The molecule has 2 rings (SSSR count). The van der Waals surface area contributed by atoms with Gasteiger partial charge in [0.05, 0.1) is 17.8 Å². The standard InChI is InChI=1S/C21H34N6O2.HI/c1-8-22-18(24-14-21(6,7)26-19(28)29-20(3,4)5)23-12-16-13-27-15(2)10-9-11-17(27)25-16;/h9-11,13H,8,12,14H2,1-7H3,(H,26,28)(H2,22,23,24);1H. The Kier molecular flexibility index (Phi) is 9.38. The minimum atomic E-state index is -0.531. The quantitative estimate of drug-likeness (QED) is 0.302. The second-order valence-corrected chi connectivity index (χ2v) is 8.69. The summed E-state index contributed by atoms with van der Waals surface area (Å²) in [6.45, 7) is 15.1. The van der Waals surface area contributed by atoms with Crippen LogP contribution in [-0.2, 0) is 11.3 Å². The Bertz CT molecular complexity index is 870. The van der Waals surface area contributed by atoms with Gasteiger partial charge in [-0.2, -0.15) is 0 Å². The smallest absolute Gasteiger partial charge is 0.408 e. The number of alkyl carbamates (subject to hydrolysis) is 1. The summed E-state index contributed by atoms with van der Waals surface area (Å²) in [7, 11) is 0. The van der Waals surface area contributed by atoms with Crippen LogP contribution in [0.15, 0.2) is 29.4 Å². The van der Waals surface area contributed by atoms with Crippen LogP contribution in [0.2, 0.25) is 0 Å². The maximum absolute atomic E-state index is 12.1. The first-order valence-electron chi connectivity index (χ1n) is 9.96. The molecule has 3 N–H and O–H groups in total. The summed E-state index contributed by atoms with van der Waals surface area (Å²) in [4.78, 5) is 21.3. The van der Waals surface area contributed by atoms with Crippen LogP contribution in [0.3, 0.4) is 0 Å². The van der Waals surface area contributed by atoms with Gasteiger partial charge in [0.15, 0.2) is 5.96 Å². The first kappa shape index (κ1) is 26.0. The van der Waals surface area contributed by atoms with Gasteiger partial charge < -0.3 is 25.1 Å². The zero-order chi connectivity index (χ0) is 21.7. The average Bonchev–Trinajstić information content (AvgIpc) is 2.99. The van der Waals surface area contributed by atoms with Gasteiger partial charge in [0.25, 0.3) is 0 Å². The second kappa shape index (κ2) is 10.8. The molecule has 2 aromatic rings. The fourth-order valence-electron chi connectivity index (χ4n) is 2.71. The van der Waals surface area contributed by atoms with Crippen molar-refractivity contribution in [3.63, 3.8) is 0 Å². The first-order valence-corrected chi connectivity index (χ1v) is 9.96. The number of hydrogen-bond donors (Lipinski definition) is 3. The molecule has 30 heavy (non-hydrogen) atoms. The zero-order valence-electron chi connectivity index (χ0n) is 19.0. The molecule has 1 amide bonds. The van der Waals surface area contributed by atoms with Crippen LogP contribution in [-0.4, -0.2) is 45.7 Å². The summed E-state index contributed by atoms with van der Waals surface area (Å²) < 4.78 is 7.39. The van der Waals surface area contributed by atoms with Crippen molar-refractivity contribution in [3.05, 3.63) is 35.8 Å². The molecule has 2 aromatic heterocycles. The van der Waals surface area contributed by atoms with Gasteiger partial charge in [-0.3, -0.25) is 0 Å². The van der Waals surface area contributed by atoms with Crippen molar-refractivity contribution in [1.82, 2.24) is 25.3 Å². The molecule has 0 spiro atoms. The minimum absolute atomic E-state index is 0. The van der Waals surface area contributed by atoms with Gasteiger partial charge in [-0.05, 0) is 60.6 Å². The number of rotatable bonds is 6. The normalized spacial score (nSPS) is 12.3. The predicted molar refractivity (Wildman–Crippen MR) is 132 cm³/mol. The van der Waals surface area contributed by atoms with E-state index in [-0.39, 0.29) is 24.0 Å². The van der Waals surface area contributed by atoms with Gasteiger partial charge in [-0.25, -0.2) is 14.8 Å². The molecule has 0 radical (unpaired) electrons. The number of ether oxygens (including phenoxy) is 1. The highest BCUT2D eigenvalue weighted by Gasteiger charge is 2.24. The summed E-state index contributed by atoms with van der Waals surface area (Å²) >= 11 is 0. The van der Waals surface area contributed by atoms with Gasteiger partial charge in [-0.15, -0.1) is 24.0 Å². The van der Waals surface area contributed by atoms with Gasteiger partial charge in [-0.1, -0.05) is 6.07 Å². The number of aryl methyl sites for hydroxylation is 1. The number of pyridine rings is 1. The van der Waals surface area contributed by atoms with Crippen LogP contribution in [0.4, 0.5) is 4.79 Å². The van der Waals surface area contributed by atoms with E-state index in [0.717, 1.165) is 23.6 Å².